The van der Waals surface area contributed by atoms with Crippen LogP contribution in [-0.2, 0) is 14.4 Å². The number of phenolic OH excluding ortho intramolecular Hbond substituents is 1. The van der Waals surface area contributed by atoms with Gasteiger partial charge in [0.1, 0.15) is 11.3 Å². The molecule has 0 aromatic heterocycles. The van der Waals surface area contributed by atoms with Crippen LogP contribution in [0.4, 0.5) is 11.4 Å². The minimum Gasteiger partial charge on any atom is -0.508 e. The molecule has 0 radical (unpaired) electrons. The summed E-state index contributed by atoms with van der Waals surface area (Å²) in [5.41, 5.74) is -0.0248. The van der Waals surface area contributed by atoms with Gasteiger partial charge in [0.2, 0.25) is 11.8 Å². The predicted molar refractivity (Wildman–Crippen MR) is 120 cm³/mol. The monoisotopic (exact) mass is 437 g/mol. The van der Waals surface area contributed by atoms with Crippen molar-refractivity contribution in [3.63, 3.8) is 0 Å². The van der Waals surface area contributed by atoms with Gasteiger partial charge in [0.05, 0.1) is 17.5 Å². The van der Waals surface area contributed by atoms with Crippen molar-refractivity contribution in [1.82, 2.24) is 5.32 Å². The minimum atomic E-state index is -1.66. The third-order valence-corrected chi connectivity index (χ3v) is 6.72. The highest BCUT2D eigenvalue weighted by Crippen LogP contribution is 2.51. The molecule has 32 heavy (non-hydrogen) atoms. The van der Waals surface area contributed by atoms with Crippen molar-refractivity contribution in [1.29, 1.82) is 0 Å². The zero-order valence-corrected chi connectivity index (χ0v) is 18.3. The van der Waals surface area contributed by atoms with Gasteiger partial charge in [0.15, 0.2) is 0 Å². The molecule has 2 fully saturated rings. The highest BCUT2D eigenvalue weighted by molar-refractivity contribution is 6.24. The fraction of sp³-hybridized carbons (Fsp3) is 0.375. The Bertz CT molecular complexity index is 1070. The van der Waals surface area contributed by atoms with Crippen LogP contribution < -0.4 is 15.1 Å². The van der Waals surface area contributed by atoms with E-state index in [0.717, 1.165) is 23.7 Å². The van der Waals surface area contributed by atoms with Gasteiger partial charge < -0.3 is 15.1 Å². The summed E-state index contributed by atoms with van der Waals surface area (Å²) >= 11 is 0. The van der Waals surface area contributed by atoms with E-state index in [9.17, 15) is 24.6 Å². The van der Waals surface area contributed by atoms with Crippen LogP contribution in [0.1, 0.15) is 32.4 Å². The maximum Gasteiger partial charge on any atom is 0.324 e. The van der Waals surface area contributed by atoms with Gasteiger partial charge in [0.25, 0.3) is 0 Å². The smallest absolute Gasteiger partial charge is 0.324 e. The van der Waals surface area contributed by atoms with E-state index in [2.05, 4.69) is 10.2 Å². The van der Waals surface area contributed by atoms with E-state index in [0.29, 0.717) is 11.3 Å². The van der Waals surface area contributed by atoms with E-state index in [1.54, 1.807) is 42.5 Å². The second-order valence-corrected chi connectivity index (χ2v) is 8.40. The van der Waals surface area contributed by atoms with Crippen LogP contribution in [-0.4, -0.2) is 46.6 Å². The number of hydrogen-bond acceptors (Lipinski definition) is 6. The predicted octanol–water partition coefficient (Wildman–Crippen LogP) is 2.53. The molecule has 8 heteroatoms. The van der Waals surface area contributed by atoms with Crippen LogP contribution in [0, 0.1) is 11.8 Å². The lowest BCUT2D eigenvalue weighted by Crippen LogP contribution is -2.53. The van der Waals surface area contributed by atoms with Crippen LogP contribution >= 0.6 is 0 Å². The molecule has 3 N–H and O–H groups in total. The molecule has 2 heterocycles. The minimum absolute atomic E-state index is 0.0429. The average Bonchev–Trinajstić information content (AvgIpc) is 3.23. The number of carboxylic acids is 1. The number of imide groups is 1. The van der Waals surface area contributed by atoms with Crippen LogP contribution in [0.2, 0.25) is 0 Å². The number of carbonyl (C=O) groups excluding carboxylic acids is 2. The lowest BCUT2D eigenvalue weighted by Gasteiger charge is -2.28. The quantitative estimate of drug-likeness (QED) is 0.596. The summed E-state index contributed by atoms with van der Waals surface area (Å²) in [6, 6.07) is 12.8. The number of nitrogens with one attached hydrogen (secondary N) is 1. The first-order valence-electron chi connectivity index (χ1n) is 10.8. The third-order valence-electron chi connectivity index (χ3n) is 6.72. The molecule has 4 rings (SSSR count). The number of phenols is 1. The van der Waals surface area contributed by atoms with Crippen molar-refractivity contribution in [3.05, 3.63) is 54.1 Å². The molecular weight excluding hydrogens is 410 g/mol. The molecule has 2 saturated heterocycles. The van der Waals surface area contributed by atoms with Crippen molar-refractivity contribution in [2.24, 2.45) is 11.8 Å². The molecule has 4 atom stereocenters. The van der Waals surface area contributed by atoms with Crippen molar-refractivity contribution < 1.29 is 24.6 Å². The summed E-state index contributed by atoms with van der Waals surface area (Å²) in [5.74, 6) is -4.33. The fourth-order valence-electron chi connectivity index (χ4n) is 5.01. The summed E-state index contributed by atoms with van der Waals surface area (Å²) in [5, 5.41) is 23.8. The Labute approximate surface area is 186 Å². The van der Waals surface area contributed by atoms with Crippen molar-refractivity contribution in [3.8, 4) is 5.75 Å². The number of aromatic hydroxyl groups is 1. The molecule has 0 bridgehead atoms. The second-order valence-electron chi connectivity index (χ2n) is 8.40. The third kappa shape index (κ3) is 3.14. The van der Waals surface area contributed by atoms with E-state index in [1.165, 1.54) is 6.92 Å². The lowest BCUT2D eigenvalue weighted by molar-refractivity contribution is -0.147. The van der Waals surface area contributed by atoms with Crippen molar-refractivity contribution in [2.75, 3.05) is 22.9 Å². The maximum absolute atomic E-state index is 13.5. The standard InChI is InChI=1S/C24H27N3O5/c1-4-26(5-2)15-11-12-16(17(28)13-15)20-18-19(24(3,25-20)23(31)32)22(30)27(21(18)29)14-9-7-6-8-10-14/h6-13,18-20,25,28H,4-5H2,1-3H3,(H,31,32)/t18-,19-,20-,24-/m0/s1. The molecule has 0 saturated carbocycles. The van der Waals surface area contributed by atoms with Gasteiger partial charge >= 0.3 is 5.97 Å². The van der Waals surface area contributed by atoms with E-state index in [4.69, 9.17) is 0 Å². The number of amides is 2. The highest BCUT2D eigenvalue weighted by Gasteiger charge is 2.67. The van der Waals surface area contributed by atoms with Gasteiger partial charge in [-0.05, 0) is 39.0 Å². The van der Waals surface area contributed by atoms with E-state index < -0.39 is 41.2 Å². The Balaban J connectivity index is 1.79. The number of fused-ring (bicyclic) bond motifs is 1. The van der Waals surface area contributed by atoms with Gasteiger partial charge in [-0.1, -0.05) is 24.3 Å². The van der Waals surface area contributed by atoms with Gasteiger partial charge in [0, 0.05) is 36.4 Å². The van der Waals surface area contributed by atoms with Gasteiger partial charge in [-0.3, -0.25) is 19.7 Å². The summed E-state index contributed by atoms with van der Waals surface area (Å²) in [7, 11) is 0. The molecule has 2 aromatic carbocycles. The number of para-hydroxylation sites is 1. The largest absolute Gasteiger partial charge is 0.508 e. The second kappa shape index (κ2) is 7.94. The SMILES string of the molecule is CCN(CC)c1ccc([C@@H]2N[C@](C)(C(=O)O)[C@@H]3C(=O)N(c4ccccc4)C(=O)[C@@H]32)c(O)c1. The molecule has 8 nitrogen and oxygen atoms in total. The zero-order chi connectivity index (χ0) is 23.2. The molecule has 2 aromatic rings. The molecular formula is C24H27N3O5. The van der Waals surface area contributed by atoms with E-state index >= 15 is 0 Å². The number of nitrogens with zero attached hydrogens (tertiary/aromatic N) is 2. The van der Waals surface area contributed by atoms with Crippen molar-refractivity contribution in [2.45, 2.75) is 32.4 Å². The Morgan fingerprint density at radius 3 is 2.31 bits per heavy atom. The Hall–Kier alpha value is -3.39. The highest BCUT2D eigenvalue weighted by atomic mass is 16.4. The average molecular weight is 437 g/mol. The first-order valence-corrected chi connectivity index (χ1v) is 10.8. The molecule has 0 spiro atoms. The Morgan fingerprint density at radius 2 is 1.75 bits per heavy atom. The van der Waals surface area contributed by atoms with Gasteiger partial charge in [-0.15, -0.1) is 0 Å². The Morgan fingerprint density at radius 1 is 1.09 bits per heavy atom. The molecule has 2 aliphatic heterocycles. The molecule has 168 valence electrons. The number of anilines is 2. The number of hydrogen-bond donors (Lipinski definition) is 3. The first-order chi connectivity index (χ1) is 15.2. The van der Waals surface area contributed by atoms with Gasteiger partial charge in [-0.2, -0.15) is 0 Å². The normalized spacial score (nSPS) is 27.0. The summed E-state index contributed by atoms with van der Waals surface area (Å²) in [4.78, 5) is 42.2. The lowest BCUT2D eigenvalue weighted by atomic mass is 9.80. The van der Waals surface area contributed by atoms with Crippen LogP contribution in [0.3, 0.4) is 0 Å². The van der Waals surface area contributed by atoms with E-state index in [-0.39, 0.29) is 5.75 Å². The number of carboxylic acid groups (broad SMARTS) is 1. The number of rotatable bonds is 6. The van der Waals surface area contributed by atoms with Gasteiger partial charge in [-0.25, -0.2) is 4.90 Å². The zero-order valence-electron chi connectivity index (χ0n) is 18.3. The molecule has 0 unspecified atom stereocenters. The molecule has 2 amide bonds. The summed E-state index contributed by atoms with van der Waals surface area (Å²) < 4.78 is 0. The fourth-order valence-corrected chi connectivity index (χ4v) is 5.01. The summed E-state index contributed by atoms with van der Waals surface area (Å²) in [6.45, 7) is 6.97. The molecule has 2 aliphatic rings. The van der Waals surface area contributed by atoms with Crippen LogP contribution in [0.15, 0.2) is 48.5 Å². The summed E-state index contributed by atoms with van der Waals surface area (Å²) in [6.07, 6.45) is 0. The Kier molecular flexibility index (Phi) is 5.42. The maximum atomic E-state index is 13.5. The number of benzene rings is 2. The molecule has 0 aliphatic carbocycles. The number of aliphatic carboxylic acids is 1. The van der Waals surface area contributed by atoms with E-state index in [1.807, 2.05) is 19.9 Å². The van der Waals surface area contributed by atoms with Crippen LogP contribution in [0.5, 0.6) is 5.75 Å². The van der Waals surface area contributed by atoms with Crippen LogP contribution in [0.25, 0.3) is 0 Å². The number of carbonyl (C=O) groups is 3. The topological polar surface area (TPSA) is 110 Å². The van der Waals surface area contributed by atoms with Crippen molar-refractivity contribution >= 4 is 29.2 Å². The first kappa shape index (κ1) is 21.8.